The molecule has 0 unspecified atom stereocenters. The van der Waals surface area contributed by atoms with Gasteiger partial charge in [-0.15, -0.1) is 0 Å². The minimum absolute atomic E-state index is 0.0227. The molecule has 39 heavy (non-hydrogen) atoms. The monoisotopic (exact) mass is 549 g/mol. The van der Waals surface area contributed by atoms with Crippen molar-refractivity contribution in [2.45, 2.75) is 4.90 Å². The van der Waals surface area contributed by atoms with Crippen LogP contribution >= 0.6 is 0 Å². The lowest BCUT2D eigenvalue weighted by Crippen LogP contribution is -2.13. The van der Waals surface area contributed by atoms with Gasteiger partial charge < -0.3 is 13.9 Å². The minimum Gasteiger partial charge on any atom is -0.490 e. The lowest BCUT2D eigenvalue weighted by molar-refractivity contribution is 0.0443. The van der Waals surface area contributed by atoms with Crippen LogP contribution in [0.5, 0.6) is 5.75 Å². The molecule has 12 heteroatoms. The molecule has 0 atom stereocenters. The van der Waals surface area contributed by atoms with Crippen LogP contribution in [0.2, 0.25) is 0 Å². The highest BCUT2D eigenvalue weighted by Gasteiger charge is 2.19. The number of ether oxygens (including phenoxy) is 2. The minimum atomic E-state index is -3.90. The molecule has 0 aliphatic heterocycles. The van der Waals surface area contributed by atoms with Gasteiger partial charge in [0.15, 0.2) is 5.69 Å². The molecule has 0 aliphatic rings. The highest BCUT2D eigenvalue weighted by molar-refractivity contribution is 7.89. The van der Waals surface area contributed by atoms with Crippen molar-refractivity contribution in [2.24, 2.45) is 5.14 Å². The van der Waals surface area contributed by atoms with Crippen molar-refractivity contribution < 1.29 is 31.5 Å². The summed E-state index contributed by atoms with van der Waals surface area (Å²) in [7, 11) is -3.90. The molecule has 3 aromatic carbocycles. The summed E-state index contributed by atoms with van der Waals surface area (Å²) in [5, 5.41) is 10.2. The van der Waals surface area contributed by atoms with Gasteiger partial charge in [0.1, 0.15) is 30.4 Å². The van der Waals surface area contributed by atoms with Gasteiger partial charge in [0.05, 0.1) is 16.3 Å². The standard InChI is InChI=1S/C27H20FN3O7S/c28-19-5-1-17(2-6-19)24-16-23(30-31(24)20-7-10-22(11-8-20)39(29,34)35)27(33)37-14-13-36-21-9-3-18-4-12-26(32)38-25(18)15-21/h1-12,15-16H,13-14H2,(H2,29,34,35). The van der Waals surface area contributed by atoms with E-state index in [0.29, 0.717) is 28.3 Å². The molecule has 10 nitrogen and oxygen atoms in total. The van der Waals surface area contributed by atoms with Crippen LogP contribution in [0.1, 0.15) is 10.5 Å². The fourth-order valence-electron chi connectivity index (χ4n) is 3.78. The number of fused-ring (bicyclic) bond motifs is 1. The number of nitrogens with two attached hydrogens (primary N) is 1. The van der Waals surface area contributed by atoms with Gasteiger partial charge in [-0.25, -0.2) is 32.2 Å². The molecule has 5 aromatic rings. The number of carbonyl (C=O) groups is 1. The number of nitrogens with zero attached hydrogens (tertiary/aromatic N) is 2. The molecule has 2 N–H and O–H groups in total. The highest BCUT2D eigenvalue weighted by Crippen LogP contribution is 2.26. The largest absolute Gasteiger partial charge is 0.490 e. The normalized spacial score (nSPS) is 11.4. The first kappa shape index (κ1) is 25.8. The Kier molecular flexibility index (Phi) is 6.96. The molecule has 0 amide bonds. The Balaban J connectivity index is 1.32. The third kappa shape index (κ3) is 5.87. The molecule has 198 valence electrons. The molecule has 0 aliphatic carbocycles. The smallest absolute Gasteiger partial charge is 0.358 e. The Morgan fingerprint density at radius 1 is 0.949 bits per heavy atom. The third-order valence-electron chi connectivity index (χ3n) is 5.65. The molecule has 5 rings (SSSR count). The van der Waals surface area contributed by atoms with E-state index in [9.17, 15) is 22.4 Å². The number of rotatable bonds is 8. The number of hydrogen-bond acceptors (Lipinski definition) is 8. The van der Waals surface area contributed by atoms with Gasteiger partial charge in [-0.3, -0.25) is 0 Å². The number of halogens is 1. The van der Waals surface area contributed by atoms with Crippen LogP contribution in [-0.4, -0.2) is 37.4 Å². The van der Waals surface area contributed by atoms with Crippen molar-refractivity contribution in [3.05, 3.63) is 107 Å². The predicted octanol–water partition coefficient (Wildman–Crippen LogP) is 3.67. The zero-order valence-electron chi connectivity index (χ0n) is 20.1. The maximum atomic E-state index is 13.5. The summed E-state index contributed by atoms with van der Waals surface area (Å²) in [5.41, 5.74) is 1.30. The van der Waals surface area contributed by atoms with Crippen LogP contribution in [0.3, 0.4) is 0 Å². The quantitative estimate of drug-likeness (QED) is 0.175. The van der Waals surface area contributed by atoms with Crippen LogP contribution in [0.25, 0.3) is 27.9 Å². The molecule has 2 heterocycles. The highest BCUT2D eigenvalue weighted by atomic mass is 32.2. The number of hydrogen-bond donors (Lipinski definition) is 1. The van der Waals surface area contributed by atoms with E-state index in [1.165, 1.54) is 65.3 Å². The first-order valence-corrected chi connectivity index (χ1v) is 13.1. The van der Waals surface area contributed by atoms with E-state index in [0.717, 1.165) is 5.39 Å². The third-order valence-corrected chi connectivity index (χ3v) is 6.58. The van der Waals surface area contributed by atoms with Gasteiger partial charge in [0.25, 0.3) is 0 Å². The van der Waals surface area contributed by atoms with Gasteiger partial charge in [0, 0.05) is 23.1 Å². The average molecular weight is 550 g/mol. The SMILES string of the molecule is NS(=O)(=O)c1ccc(-n2nc(C(=O)OCCOc3ccc4ccc(=O)oc4c3)cc2-c2ccc(F)cc2)cc1. The van der Waals surface area contributed by atoms with Crippen molar-refractivity contribution in [1.82, 2.24) is 9.78 Å². The van der Waals surface area contributed by atoms with E-state index in [1.54, 1.807) is 24.3 Å². The van der Waals surface area contributed by atoms with E-state index >= 15 is 0 Å². The van der Waals surface area contributed by atoms with Crippen LogP contribution in [0, 0.1) is 5.82 Å². The number of sulfonamides is 1. The molecular formula is C27H20FN3O7S. The van der Waals surface area contributed by atoms with Crippen LogP contribution < -0.4 is 15.5 Å². The summed E-state index contributed by atoms with van der Waals surface area (Å²) in [4.78, 5) is 24.1. The lowest BCUT2D eigenvalue weighted by Gasteiger charge is -2.08. The molecule has 2 aromatic heterocycles. The molecule has 0 fully saturated rings. The van der Waals surface area contributed by atoms with Crippen LogP contribution in [0.4, 0.5) is 4.39 Å². The van der Waals surface area contributed by atoms with Crippen molar-refractivity contribution >= 4 is 27.0 Å². The van der Waals surface area contributed by atoms with Gasteiger partial charge in [0.2, 0.25) is 10.0 Å². The second-order valence-electron chi connectivity index (χ2n) is 8.31. The Labute approximate surface area is 221 Å². The van der Waals surface area contributed by atoms with Gasteiger partial charge in [-0.1, -0.05) is 0 Å². The zero-order chi connectivity index (χ0) is 27.6. The van der Waals surface area contributed by atoms with Crippen molar-refractivity contribution in [1.29, 1.82) is 0 Å². The summed E-state index contributed by atoms with van der Waals surface area (Å²) in [5.74, 6) is -0.736. The van der Waals surface area contributed by atoms with E-state index in [-0.39, 0.29) is 23.8 Å². The fourth-order valence-corrected chi connectivity index (χ4v) is 4.30. The summed E-state index contributed by atoms with van der Waals surface area (Å²) in [6.07, 6.45) is 0. The van der Waals surface area contributed by atoms with E-state index in [4.69, 9.17) is 19.0 Å². The maximum absolute atomic E-state index is 13.5. The number of primary sulfonamides is 1. The molecule has 0 spiro atoms. The Morgan fingerprint density at radius 2 is 1.67 bits per heavy atom. The first-order valence-electron chi connectivity index (χ1n) is 11.5. The summed E-state index contributed by atoms with van der Waals surface area (Å²) < 4.78 is 54.2. The van der Waals surface area contributed by atoms with Crippen molar-refractivity contribution in [2.75, 3.05) is 13.2 Å². The van der Waals surface area contributed by atoms with Crippen LogP contribution in [0.15, 0.2) is 99.0 Å². The second-order valence-corrected chi connectivity index (χ2v) is 9.87. The van der Waals surface area contributed by atoms with Crippen molar-refractivity contribution in [3.8, 4) is 22.7 Å². The molecule has 0 bridgehead atoms. The van der Waals surface area contributed by atoms with E-state index in [2.05, 4.69) is 5.10 Å². The second kappa shape index (κ2) is 10.5. The van der Waals surface area contributed by atoms with Gasteiger partial charge >= 0.3 is 11.6 Å². The summed E-state index contributed by atoms with van der Waals surface area (Å²) in [6.45, 7) is -0.0771. The molecule has 0 saturated heterocycles. The Hall–Kier alpha value is -4.81. The number of esters is 1. The van der Waals surface area contributed by atoms with E-state index < -0.39 is 27.4 Å². The lowest BCUT2D eigenvalue weighted by atomic mass is 10.1. The number of aromatic nitrogens is 2. The van der Waals surface area contributed by atoms with Crippen molar-refractivity contribution in [3.63, 3.8) is 0 Å². The molecule has 0 saturated carbocycles. The Morgan fingerprint density at radius 3 is 2.38 bits per heavy atom. The van der Waals surface area contributed by atoms with Crippen LogP contribution in [-0.2, 0) is 14.8 Å². The number of benzene rings is 3. The average Bonchev–Trinajstić information content (AvgIpc) is 3.36. The predicted molar refractivity (Wildman–Crippen MR) is 139 cm³/mol. The zero-order valence-corrected chi connectivity index (χ0v) is 20.9. The fraction of sp³-hybridized carbons (Fsp3) is 0.0741. The van der Waals surface area contributed by atoms with E-state index in [1.807, 2.05) is 0 Å². The maximum Gasteiger partial charge on any atom is 0.358 e. The molecular weight excluding hydrogens is 529 g/mol. The first-order chi connectivity index (χ1) is 18.7. The molecule has 0 radical (unpaired) electrons. The van der Waals surface area contributed by atoms with Gasteiger partial charge in [-0.2, -0.15) is 5.10 Å². The summed E-state index contributed by atoms with van der Waals surface area (Å²) >= 11 is 0. The van der Waals surface area contributed by atoms with Gasteiger partial charge in [-0.05, 0) is 72.8 Å². The topological polar surface area (TPSA) is 144 Å². The number of carbonyl (C=O) groups excluding carboxylic acids is 1. The summed E-state index contributed by atoms with van der Waals surface area (Å²) in [6, 6.07) is 20.6. The Bertz CT molecular complexity index is 1830.